The molecule has 1 aliphatic rings. The van der Waals surface area contributed by atoms with Crippen LogP contribution in [0.25, 0.3) is 0 Å². The first-order valence-electron chi connectivity index (χ1n) is 14.9. The molecule has 1 fully saturated rings. The number of rotatable bonds is 8. The van der Waals surface area contributed by atoms with Gasteiger partial charge in [0.2, 0.25) is 5.95 Å². The van der Waals surface area contributed by atoms with E-state index in [2.05, 4.69) is 38.9 Å². The summed E-state index contributed by atoms with van der Waals surface area (Å²) in [5, 5.41) is 4.14. The van der Waals surface area contributed by atoms with Crippen LogP contribution in [0.4, 0.5) is 32.3 Å². The summed E-state index contributed by atoms with van der Waals surface area (Å²) in [4.78, 5) is 28.6. The number of aryl methyl sites for hydroxylation is 3. The fourth-order valence-corrected chi connectivity index (χ4v) is 6.05. The Kier molecular flexibility index (Phi) is 10.1. The molecule has 0 unspecified atom stereocenters. The van der Waals surface area contributed by atoms with Crippen molar-refractivity contribution < 1.29 is 13.9 Å². The monoisotopic (exact) mass is 650 g/mol. The predicted molar refractivity (Wildman–Crippen MR) is 180 cm³/mol. The lowest BCUT2D eigenvalue weighted by Crippen LogP contribution is -2.49. The Morgan fingerprint density at radius 2 is 1.71 bits per heavy atom. The fraction of sp³-hybridized carbons (Fsp3) is 0.324. The number of anilines is 4. The van der Waals surface area contributed by atoms with Crippen molar-refractivity contribution in [2.45, 2.75) is 47.2 Å². The number of amides is 1. The summed E-state index contributed by atoms with van der Waals surface area (Å²) in [5.74, 6) is 0.376. The number of hydrogen-bond donors (Lipinski definition) is 1. The van der Waals surface area contributed by atoms with Crippen molar-refractivity contribution >= 4 is 52.4 Å². The van der Waals surface area contributed by atoms with E-state index in [4.69, 9.17) is 27.9 Å². The van der Waals surface area contributed by atoms with Crippen LogP contribution in [-0.2, 0) is 6.54 Å². The maximum Gasteiger partial charge on any atom is 0.421 e. The number of nitrogens with one attached hydrogen (secondary N) is 1. The van der Waals surface area contributed by atoms with E-state index in [0.717, 1.165) is 48.6 Å². The Labute approximate surface area is 273 Å². The van der Waals surface area contributed by atoms with E-state index in [1.807, 2.05) is 51.1 Å². The number of ether oxygens (including phenoxy) is 1. The minimum Gasteiger partial charge on any atom is -0.409 e. The van der Waals surface area contributed by atoms with Gasteiger partial charge in [-0.2, -0.15) is 4.98 Å². The average molecular weight is 652 g/mol. The molecule has 2 heterocycles. The average Bonchev–Trinajstić information content (AvgIpc) is 2.99. The Hall–Kier alpha value is -3.92. The first kappa shape index (κ1) is 32.5. The molecule has 0 saturated carbocycles. The SMILES string of the molecule is Cc1cc(C)c(OC(=O)N(Cc2cc(Cl)ccc2F)c2ccnc(Nc3ccc(N4CCN(C(C)C)CC4)c(Cl)c3)n2)c(C)c1. The first-order chi connectivity index (χ1) is 21.5. The maximum atomic E-state index is 14.8. The summed E-state index contributed by atoms with van der Waals surface area (Å²) in [7, 11) is 0. The highest BCUT2D eigenvalue weighted by Crippen LogP contribution is 2.32. The van der Waals surface area contributed by atoms with Gasteiger partial charge >= 0.3 is 6.09 Å². The zero-order valence-electron chi connectivity index (χ0n) is 26.1. The van der Waals surface area contributed by atoms with Crippen molar-refractivity contribution in [3.05, 3.63) is 98.9 Å². The van der Waals surface area contributed by atoms with Crippen molar-refractivity contribution in [2.24, 2.45) is 0 Å². The molecule has 0 spiro atoms. The van der Waals surface area contributed by atoms with E-state index in [1.54, 1.807) is 6.07 Å². The zero-order chi connectivity index (χ0) is 32.2. The molecule has 0 radical (unpaired) electrons. The van der Waals surface area contributed by atoms with E-state index in [0.29, 0.717) is 27.5 Å². The van der Waals surface area contributed by atoms with Gasteiger partial charge in [-0.25, -0.2) is 14.2 Å². The number of nitrogens with zero attached hydrogens (tertiary/aromatic N) is 5. The summed E-state index contributed by atoms with van der Waals surface area (Å²) in [6.45, 7) is 13.7. The van der Waals surface area contributed by atoms with Gasteiger partial charge in [0.05, 0.1) is 17.3 Å². The van der Waals surface area contributed by atoms with Crippen molar-refractivity contribution in [3.63, 3.8) is 0 Å². The molecule has 236 valence electrons. The van der Waals surface area contributed by atoms with Gasteiger partial charge in [0.15, 0.2) is 0 Å². The van der Waals surface area contributed by atoms with Crippen LogP contribution < -0.4 is 19.9 Å². The number of carbonyl (C=O) groups excluding carboxylic acids is 1. The van der Waals surface area contributed by atoms with Gasteiger partial charge in [0, 0.05) is 54.7 Å². The molecule has 1 aliphatic heterocycles. The van der Waals surface area contributed by atoms with Gasteiger partial charge in [-0.3, -0.25) is 9.80 Å². The molecule has 8 nitrogen and oxygen atoms in total. The Morgan fingerprint density at radius 3 is 2.38 bits per heavy atom. The lowest BCUT2D eigenvalue weighted by atomic mass is 10.1. The largest absolute Gasteiger partial charge is 0.421 e. The molecule has 0 bridgehead atoms. The molecular weight excluding hydrogens is 614 g/mol. The fourth-order valence-electron chi connectivity index (χ4n) is 5.55. The van der Waals surface area contributed by atoms with Crippen molar-refractivity contribution in [1.82, 2.24) is 14.9 Å². The van der Waals surface area contributed by atoms with Crippen LogP contribution >= 0.6 is 23.2 Å². The van der Waals surface area contributed by atoms with Crippen LogP contribution in [0.1, 0.15) is 36.1 Å². The molecule has 1 amide bonds. The summed E-state index contributed by atoms with van der Waals surface area (Å²) in [6, 6.07) is 15.9. The topological polar surface area (TPSA) is 73.8 Å². The predicted octanol–water partition coefficient (Wildman–Crippen LogP) is 8.33. The van der Waals surface area contributed by atoms with Crippen molar-refractivity contribution in [3.8, 4) is 5.75 Å². The number of aromatic nitrogens is 2. The summed E-state index contributed by atoms with van der Waals surface area (Å²) < 4.78 is 20.7. The second-order valence-corrected chi connectivity index (χ2v) is 12.4. The highest BCUT2D eigenvalue weighted by atomic mass is 35.5. The molecular formula is C34H37Cl2FN6O2. The quantitative estimate of drug-likeness (QED) is 0.205. The molecule has 3 aromatic carbocycles. The van der Waals surface area contributed by atoms with Gasteiger partial charge in [0.1, 0.15) is 17.4 Å². The van der Waals surface area contributed by atoms with Crippen LogP contribution in [0.15, 0.2) is 60.8 Å². The van der Waals surface area contributed by atoms with Crippen LogP contribution in [0.5, 0.6) is 5.75 Å². The van der Waals surface area contributed by atoms with Gasteiger partial charge in [-0.05, 0) is 88.2 Å². The molecule has 0 aliphatic carbocycles. The number of halogens is 3. The van der Waals surface area contributed by atoms with Crippen LogP contribution in [0, 0.1) is 26.6 Å². The third-order valence-corrected chi connectivity index (χ3v) is 8.39. The number of benzene rings is 3. The highest BCUT2D eigenvalue weighted by molar-refractivity contribution is 6.33. The molecule has 5 rings (SSSR count). The number of piperazine rings is 1. The number of hydrogen-bond acceptors (Lipinski definition) is 7. The van der Waals surface area contributed by atoms with Gasteiger partial charge in [-0.1, -0.05) is 40.9 Å². The van der Waals surface area contributed by atoms with Crippen molar-refractivity contribution in [1.29, 1.82) is 0 Å². The van der Waals surface area contributed by atoms with Crippen LogP contribution in [0.2, 0.25) is 10.0 Å². The number of carbonyl (C=O) groups is 1. The van der Waals surface area contributed by atoms with E-state index in [1.165, 1.54) is 29.3 Å². The molecule has 45 heavy (non-hydrogen) atoms. The molecule has 0 atom stereocenters. The van der Waals surface area contributed by atoms with E-state index < -0.39 is 11.9 Å². The summed E-state index contributed by atoms with van der Waals surface area (Å²) in [5.41, 5.74) is 4.53. The standard InChI is InChI=1S/C34H37Cl2FN6O2/c1-21(2)41-12-14-42(15-13-41)30-9-7-27(19-28(30)36)39-33-38-11-10-31(40-33)43(20-25-18-26(35)6-8-29(25)37)34(44)45-32-23(4)16-22(3)17-24(32)5/h6-11,16-19,21H,12-15,20H2,1-5H3,(H,38,39,40). The molecule has 4 aromatic rings. The minimum absolute atomic E-state index is 0.170. The molecule has 1 aromatic heterocycles. The van der Waals surface area contributed by atoms with E-state index >= 15 is 0 Å². The second-order valence-electron chi connectivity index (χ2n) is 11.6. The molecule has 1 saturated heterocycles. The zero-order valence-corrected chi connectivity index (χ0v) is 27.6. The Bertz CT molecular complexity index is 1670. The lowest BCUT2D eigenvalue weighted by Gasteiger charge is -2.38. The second kappa shape index (κ2) is 14.0. The van der Waals surface area contributed by atoms with Crippen molar-refractivity contribution in [2.75, 3.05) is 41.3 Å². The summed E-state index contributed by atoms with van der Waals surface area (Å²) >= 11 is 12.9. The van der Waals surface area contributed by atoms with E-state index in [9.17, 15) is 9.18 Å². The third kappa shape index (κ3) is 7.84. The highest BCUT2D eigenvalue weighted by Gasteiger charge is 2.24. The van der Waals surface area contributed by atoms with Gasteiger partial charge in [0.25, 0.3) is 0 Å². The summed E-state index contributed by atoms with van der Waals surface area (Å²) in [6.07, 6.45) is 0.797. The smallest absolute Gasteiger partial charge is 0.409 e. The third-order valence-electron chi connectivity index (χ3n) is 7.86. The van der Waals surface area contributed by atoms with Gasteiger partial charge < -0.3 is 15.0 Å². The maximum absolute atomic E-state index is 14.8. The first-order valence-corrected chi connectivity index (χ1v) is 15.6. The normalized spacial score (nSPS) is 13.7. The minimum atomic E-state index is -0.723. The van der Waals surface area contributed by atoms with Crippen LogP contribution in [0.3, 0.4) is 0 Å². The lowest BCUT2D eigenvalue weighted by molar-refractivity contribution is 0.206. The Balaban J connectivity index is 1.39. The van der Waals surface area contributed by atoms with Crippen LogP contribution in [-0.4, -0.2) is 53.2 Å². The Morgan fingerprint density at radius 1 is 1.00 bits per heavy atom. The molecule has 11 heteroatoms. The van der Waals surface area contributed by atoms with E-state index in [-0.39, 0.29) is 23.9 Å². The van der Waals surface area contributed by atoms with Gasteiger partial charge in [-0.15, -0.1) is 0 Å². The molecule has 1 N–H and O–H groups in total.